The molecular weight excluding hydrogens is 433 g/mol. The van der Waals surface area contributed by atoms with Crippen LogP contribution in [0.2, 0.25) is 10.0 Å². The number of nitrogens with two attached hydrogens (primary N) is 1. The molecule has 1 heterocycles. The molecule has 0 unspecified atom stereocenters. The number of nitrogens with zero attached hydrogens (tertiary/aromatic N) is 2. The first kappa shape index (κ1) is 21.0. The summed E-state index contributed by atoms with van der Waals surface area (Å²) in [4.78, 5) is 12.2. The average molecular weight is 452 g/mol. The highest BCUT2D eigenvalue weighted by Gasteiger charge is 2.21. The van der Waals surface area contributed by atoms with Crippen molar-refractivity contribution >= 4 is 34.9 Å². The maximum atomic E-state index is 12.2. The van der Waals surface area contributed by atoms with Gasteiger partial charge in [-0.25, -0.2) is 9.48 Å². The molecule has 7 heteroatoms. The lowest BCUT2D eigenvalue weighted by molar-refractivity contribution is 0.0593. The summed E-state index contributed by atoms with van der Waals surface area (Å²) < 4.78 is 6.45. The Hall–Kier alpha value is -3.28. The lowest BCUT2D eigenvalue weighted by atomic mass is 9.98. The number of ether oxygens (including phenoxy) is 1. The van der Waals surface area contributed by atoms with Gasteiger partial charge in [0.25, 0.3) is 0 Å². The predicted molar refractivity (Wildman–Crippen MR) is 125 cm³/mol. The number of benzene rings is 3. The first-order valence-electron chi connectivity index (χ1n) is 9.48. The summed E-state index contributed by atoms with van der Waals surface area (Å²) in [5.41, 5.74) is 11.9. The van der Waals surface area contributed by atoms with E-state index in [1.165, 1.54) is 7.11 Å². The fourth-order valence-corrected chi connectivity index (χ4v) is 4.05. The highest BCUT2D eigenvalue weighted by molar-refractivity contribution is 6.37. The van der Waals surface area contributed by atoms with Crippen LogP contribution in [0.3, 0.4) is 0 Å². The number of aryl methyl sites for hydroxylation is 1. The lowest BCUT2D eigenvalue weighted by Crippen LogP contribution is -2.05. The molecule has 0 spiro atoms. The summed E-state index contributed by atoms with van der Waals surface area (Å²) in [6.07, 6.45) is 0. The number of rotatable bonds is 4. The zero-order chi connectivity index (χ0) is 22.1. The number of anilines is 1. The number of nitrogen functional groups attached to an aromatic ring is 1. The molecule has 2 N–H and O–H groups in total. The van der Waals surface area contributed by atoms with Crippen LogP contribution in [0.1, 0.15) is 16.1 Å². The van der Waals surface area contributed by atoms with Gasteiger partial charge in [-0.2, -0.15) is 5.10 Å². The van der Waals surface area contributed by atoms with E-state index in [0.717, 1.165) is 22.3 Å². The third kappa shape index (κ3) is 4.02. The Kier molecular flexibility index (Phi) is 5.72. The molecule has 3 aromatic carbocycles. The first-order valence-corrected chi connectivity index (χ1v) is 10.2. The van der Waals surface area contributed by atoms with E-state index in [0.29, 0.717) is 27.1 Å². The Bertz CT molecular complexity index is 1280. The van der Waals surface area contributed by atoms with E-state index in [4.69, 9.17) is 33.7 Å². The van der Waals surface area contributed by atoms with Crippen molar-refractivity contribution < 1.29 is 9.53 Å². The Morgan fingerprint density at radius 1 is 0.968 bits per heavy atom. The molecule has 31 heavy (non-hydrogen) atoms. The molecule has 0 aliphatic heterocycles. The molecule has 0 amide bonds. The molecule has 4 rings (SSSR count). The zero-order valence-electron chi connectivity index (χ0n) is 16.9. The van der Waals surface area contributed by atoms with Crippen LogP contribution in [0.25, 0.3) is 28.1 Å². The van der Waals surface area contributed by atoms with Crippen molar-refractivity contribution in [1.82, 2.24) is 9.78 Å². The van der Waals surface area contributed by atoms with Crippen LogP contribution in [0.15, 0.2) is 66.7 Å². The van der Waals surface area contributed by atoms with Crippen LogP contribution in [0.4, 0.5) is 5.69 Å². The number of methoxy groups -OCH3 is 1. The molecular formula is C24H19Cl2N3O2. The van der Waals surface area contributed by atoms with Crippen LogP contribution >= 0.6 is 23.2 Å². The van der Waals surface area contributed by atoms with E-state index in [-0.39, 0.29) is 5.69 Å². The number of para-hydroxylation sites is 1. The quantitative estimate of drug-likeness (QED) is 0.296. The van der Waals surface area contributed by atoms with Gasteiger partial charge >= 0.3 is 5.97 Å². The fourth-order valence-electron chi connectivity index (χ4n) is 3.49. The van der Waals surface area contributed by atoms with E-state index in [1.54, 1.807) is 28.9 Å². The third-order valence-corrected chi connectivity index (χ3v) is 5.59. The van der Waals surface area contributed by atoms with E-state index in [9.17, 15) is 4.79 Å². The molecule has 156 valence electrons. The molecule has 0 radical (unpaired) electrons. The highest BCUT2D eigenvalue weighted by Crippen LogP contribution is 2.35. The van der Waals surface area contributed by atoms with Gasteiger partial charge in [0.1, 0.15) is 5.69 Å². The molecule has 0 saturated heterocycles. The monoisotopic (exact) mass is 451 g/mol. The molecule has 0 aliphatic rings. The smallest absolute Gasteiger partial charge is 0.358 e. The van der Waals surface area contributed by atoms with Gasteiger partial charge in [0, 0.05) is 11.3 Å². The fraction of sp³-hybridized carbons (Fsp3) is 0.0833. The van der Waals surface area contributed by atoms with Crippen LogP contribution in [0.5, 0.6) is 0 Å². The van der Waals surface area contributed by atoms with Crippen molar-refractivity contribution in [2.24, 2.45) is 0 Å². The number of carbonyl (C=O) groups excluding carboxylic acids is 1. The normalized spacial score (nSPS) is 10.8. The number of hydrogen-bond acceptors (Lipinski definition) is 4. The van der Waals surface area contributed by atoms with Gasteiger partial charge in [-0.05, 0) is 53.9 Å². The summed E-state index contributed by atoms with van der Waals surface area (Å²) in [6.45, 7) is 1.99. The SMILES string of the molecule is COC(=O)c1cc(-c2ccc(-c3cccc(N)c3)cc2C)n(-c2c(Cl)cccc2Cl)n1. The van der Waals surface area contributed by atoms with Crippen molar-refractivity contribution in [3.8, 4) is 28.1 Å². The van der Waals surface area contributed by atoms with Gasteiger partial charge in [-0.3, -0.25) is 0 Å². The minimum atomic E-state index is -0.544. The molecule has 5 nitrogen and oxygen atoms in total. The van der Waals surface area contributed by atoms with Gasteiger partial charge < -0.3 is 10.5 Å². The molecule has 0 fully saturated rings. The van der Waals surface area contributed by atoms with Crippen molar-refractivity contribution in [2.75, 3.05) is 12.8 Å². The van der Waals surface area contributed by atoms with Crippen LogP contribution in [0, 0.1) is 6.92 Å². The number of hydrogen-bond donors (Lipinski definition) is 1. The molecule has 0 aliphatic carbocycles. The van der Waals surface area contributed by atoms with Gasteiger partial charge in [0.2, 0.25) is 0 Å². The van der Waals surface area contributed by atoms with Gasteiger partial charge in [-0.1, -0.05) is 59.6 Å². The van der Waals surface area contributed by atoms with Crippen molar-refractivity contribution in [3.05, 3.63) is 88.0 Å². The maximum Gasteiger partial charge on any atom is 0.358 e. The molecule has 0 bridgehead atoms. The minimum absolute atomic E-state index is 0.160. The van der Waals surface area contributed by atoms with Crippen molar-refractivity contribution in [1.29, 1.82) is 0 Å². The second kappa shape index (κ2) is 8.46. The third-order valence-electron chi connectivity index (χ3n) is 4.98. The number of aromatic nitrogens is 2. The van der Waals surface area contributed by atoms with Crippen LogP contribution < -0.4 is 5.73 Å². The number of esters is 1. The summed E-state index contributed by atoms with van der Waals surface area (Å²) in [5.74, 6) is -0.544. The molecule has 4 aromatic rings. The molecule has 1 aromatic heterocycles. The van der Waals surface area contributed by atoms with E-state index in [2.05, 4.69) is 11.2 Å². The Morgan fingerprint density at radius 2 is 1.65 bits per heavy atom. The zero-order valence-corrected chi connectivity index (χ0v) is 18.4. The largest absolute Gasteiger partial charge is 0.464 e. The van der Waals surface area contributed by atoms with Gasteiger partial charge in [0.15, 0.2) is 5.69 Å². The van der Waals surface area contributed by atoms with Gasteiger partial charge in [-0.15, -0.1) is 0 Å². The van der Waals surface area contributed by atoms with Crippen molar-refractivity contribution in [3.63, 3.8) is 0 Å². The van der Waals surface area contributed by atoms with E-state index in [1.807, 2.05) is 43.3 Å². The minimum Gasteiger partial charge on any atom is -0.464 e. The molecule has 0 atom stereocenters. The summed E-state index contributed by atoms with van der Waals surface area (Å²) in [5, 5.41) is 5.28. The van der Waals surface area contributed by atoms with Gasteiger partial charge in [0.05, 0.1) is 22.8 Å². The number of carbonyl (C=O) groups is 1. The Labute approximate surface area is 190 Å². The van der Waals surface area contributed by atoms with Crippen LogP contribution in [-0.4, -0.2) is 22.9 Å². The topological polar surface area (TPSA) is 70.1 Å². The summed E-state index contributed by atoms with van der Waals surface area (Å²) >= 11 is 12.9. The summed E-state index contributed by atoms with van der Waals surface area (Å²) in [7, 11) is 1.31. The number of halogens is 2. The molecule has 0 saturated carbocycles. The predicted octanol–water partition coefficient (Wildman–Crippen LogP) is 6.19. The Balaban J connectivity index is 1.89. The maximum absolute atomic E-state index is 12.2. The second-order valence-electron chi connectivity index (χ2n) is 7.04. The van der Waals surface area contributed by atoms with Crippen molar-refractivity contribution in [2.45, 2.75) is 6.92 Å². The second-order valence-corrected chi connectivity index (χ2v) is 7.86. The summed E-state index contributed by atoms with van der Waals surface area (Å²) in [6, 6.07) is 20.6. The standard InChI is InChI=1S/C24H19Cl2N3O2/c1-14-11-16(15-5-3-6-17(27)12-15)9-10-18(14)22-13-21(24(30)31-2)28-29(22)23-19(25)7-4-8-20(23)26/h3-13H,27H2,1-2H3. The Morgan fingerprint density at radius 3 is 2.29 bits per heavy atom. The first-order chi connectivity index (χ1) is 14.9. The van der Waals surface area contributed by atoms with Crippen LogP contribution in [-0.2, 0) is 4.74 Å². The van der Waals surface area contributed by atoms with E-state index < -0.39 is 5.97 Å². The average Bonchev–Trinajstić information content (AvgIpc) is 3.17. The highest BCUT2D eigenvalue weighted by atomic mass is 35.5. The van der Waals surface area contributed by atoms with E-state index >= 15 is 0 Å². The lowest BCUT2D eigenvalue weighted by Gasteiger charge is -2.14.